The Bertz CT molecular complexity index is 709. The van der Waals surface area contributed by atoms with Crippen LogP contribution in [0.4, 0.5) is 0 Å². The van der Waals surface area contributed by atoms with Crippen molar-refractivity contribution in [3.8, 4) is 0 Å². The predicted molar refractivity (Wildman–Crippen MR) is 105 cm³/mol. The number of hydrogen-bond acceptors (Lipinski definition) is 4. The van der Waals surface area contributed by atoms with Crippen molar-refractivity contribution in [1.29, 1.82) is 0 Å². The summed E-state index contributed by atoms with van der Waals surface area (Å²) in [6.07, 6.45) is 1.91. The number of carbonyl (C=O) groups is 1. The first-order valence-corrected chi connectivity index (χ1v) is 10.7. The van der Waals surface area contributed by atoms with E-state index in [1.807, 2.05) is 4.90 Å². The van der Waals surface area contributed by atoms with Crippen LogP contribution < -0.4 is 5.32 Å². The molecule has 0 saturated carbocycles. The Morgan fingerprint density at radius 2 is 1.96 bits per heavy atom. The molecule has 2 fully saturated rings. The smallest absolute Gasteiger partial charge is 0.224 e. The molecule has 0 aromatic heterocycles. The van der Waals surface area contributed by atoms with Gasteiger partial charge in [0, 0.05) is 39.1 Å². The third-order valence-electron chi connectivity index (χ3n) is 5.11. The zero-order valence-electron chi connectivity index (χ0n) is 15.2. The number of benzene rings is 1. The van der Waals surface area contributed by atoms with Gasteiger partial charge in [-0.15, -0.1) is 12.4 Å². The minimum absolute atomic E-state index is 0. The van der Waals surface area contributed by atoms with Crippen molar-refractivity contribution < 1.29 is 13.2 Å². The van der Waals surface area contributed by atoms with Crippen LogP contribution in [0.3, 0.4) is 0 Å². The van der Waals surface area contributed by atoms with Crippen LogP contribution in [-0.2, 0) is 21.2 Å². The molecule has 1 unspecified atom stereocenters. The summed E-state index contributed by atoms with van der Waals surface area (Å²) >= 11 is 0. The zero-order chi connectivity index (χ0) is 17.9. The molecule has 2 aliphatic rings. The Kier molecular flexibility index (Phi) is 7.46. The van der Waals surface area contributed by atoms with E-state index in [2.05, 4.69) is 36.5 Å². The lowest BCUT2D eigenvalue weighted by Gasteiger charge is -2.37. The number of carbonyl (C=O) groups excluding carboxylic acids is 1. The topological polar surface area (TPSA) is 69.7 Å². The van der Waals surface area contributed by atoms with Gasteiger partial charge in [-0.1, -0.05) is 31.2 Å². The number of nitrogens with zero attached hydrogens (tertiary/aromatic N) is 2. The van der Waals surface area contributed by atoms with Gasteiger partial charge in [0.1, 0.15) is 0 Å². The van der Waals surface area contributed by atoms with Crippen LogP contribution in [0.15, 0.2) is 24.3 Å². The van der Waals surface area contributed by atoms with E-state index in [4.69, 9.17) is 0 Å². The lowest BCUT2D eigenvalue weighted by Crippen LogP contribution is -2.49. The van der Waals surface area contributed by atoms with Gasteiger partial charge in [-0.05, 0) is 24.0 Å². The van der Waals surface area contributed by atoms with Gasteiger partial charge < -0.3 is 10.2 Å². The summed E-state index contributed by atoms with van der Waals surface area (Å²) in [6.45, 7) is 5.13. The monoisotopic (exact) mass is 401 g/mol. The molecule has 26 heavy (non-hydrogen) atoms. The van der Waals surface area contributed by atoms with Gasteiger partial charge in [0.15, 0.2) is 0 Å². The molecule has 2 aliphatic heterocycles. The summed E-state index contributed by atoms with van der Waals surface area (Å²) in [7, 11) is -3.14. The van der Waals surface area contributed by atoms with E-state index >= 15 is 0 Å². The van der Waals surface area contributed by atoms with Crippen LogP contribution in [0.25, 0.3) is 0 Å². The van der Waals surface area contributed by atoms with Crippen molar-refractivity contribution in [2.45, 2.75) is 32.2 Å². The molecule has 146 valence electrons. The normalized spacial score (nSPS) is 22.8. The molecular formula is C18H28ClN3O3S. The van der Waals surface area contributed by atoms with Crippen molar-refractivity contribution in [2.24, 2.45) is 0 Å². The molecular weight excluding hydrogens is 374 g/mol. The Hall–Kier alpha value is -1.15. The average molecular weight is 402 g/mol. The molecule has 2 saturated heterocycles. The van der Waals surface area contributed by atoms with Crippen LogP contribution in [-0.4, -0.2) is 62.0 Å². The molecule has 6 nitrogen and oxygen atoms in total. The highest BCUT2D eigenvalue weighted by Gasteiger charge is 2.31. The van der Waals surface area contributed by atoms with E-state index in [0.29, 0.717) is 26.1 Å². The molecule has 0 radical (unpaired) electrons. The second-order valence-electron chi connectivity index (χ2n) is 6.72. The second-order valence-corrected chi connectivity index (χ2v) is 8.81. The van der Waals surface area contributed by atoms with Crippen molar-refractivity contribution in [2.75, 3.05) is 38.5 Å². The maximum absolute atomic E-state index is 12.7. The highest BCUT2D eigenvalue weighted by Crippen LogP contribution is 2.24. The number of halogens is 1. The van der Waals surface area contributed by atoms with Gasteiger partial charge in [0.2, 0.25) is 15.9 Å². The zero-order valence-corrected chi connectivity index (χ0v) is 16.8. The quantitative estimate of drug-likeness (QED) is 0.813. The summed E-state index contributed by atoms with van der Waals surface area (Å²) in [6, 6.07) is 8.44. The van der Waals surface area contributed by atoms with E-state index in [1.54, 1.807) is 0 Å². The Morgan fingerprint density at radius 3 is 2.58 bits per heavy atom. The fourth-order valence-corrected chi connectivity index (χ4v) is 5.11. The SMILES string of the molecule is CCc1ccc(C2CNCCN2C(=O)CCN2CCCS2(=O)=O)cc1.Cl. The maximum atomic E-state index is 12.7. The molecule has 0 bridgehead atoms. The highest BCUT2D eigenvalue weighted by atomic mass is 35.5. The highest BCUT2D eigenvalue weighted by molar-refractivity contribution is 7.89. The Morgan fingerprint density at radius 1 is 1.23 bits per heavy atom. The fraction of sp³-hybridized carbons (Fsp3) is 0.611. The Balaban J connectivity index is 0.00000243. The first-order valence-electron chi connectivity index (χ1n) is 9.08. The number of nitrogens with one attached hydrogen (secondary N) is 1. The number of rotatable bonds is 5. The minimum atomic E-state index is -3.14. The third-order valence-corrected chi connectivity index (χ3v) is 7.07. The van der Waals surface area contributed by atoms with E-state index in [1.165, 1.54) is 9.87 Å². The standard InChI is InChI=1S/C18H27N3O3S.ClH/c1-2-15-4-6-16(7-5-15)17-14-19-9-12-21(17)18(22)8-11-20-10-3-13-25(20,23)24;/h4-7,17,19H,2-3,8-14H2,1H3;1H. The minimum Gasteiger partial charge on any atom is -0.333 e. The fourth-order valence-electron chi connectivity index (χ4n) is 3.58. The number of sulfonamides is 1. The summed E-state index contributed by atoms with van der Waals surface area (Å²) < 4.78 is 25.2. The number of amides is 1. The van der Waals surface area contributed by atoms with E-state index in [-0.39, 0.29) is 36.5 Å². The molecule has 1 atom stereocenters. The lowest BCUT2D eigenvalue weighted by atomic mass is 10.0. The molecule has 0 aliphatic carbocycles. The molecule has 2 heterocycles. The summed E-state index contributed by atoms with van der Waals surface area (Å²) in [5.41, 5.74) is 2.41. The number of piperazine rings is 1. The number of hydrogen-bond donors (Lipinski definition) is 1. The predicted octanol–water partition coefficient (Wildman–Crippen LogP) is 1.57. The van der Waals surface area contributed by atoms with Gasteiger partial charge >= 0.3 is 0 Å². The molecule has 1 aromatic rings. The molecule has 1 amide bonds. The van der Waals surface area contributed by atoms with Gasteiger partial charge in [0.05, 0.1) is 11.8 Å². The summed E-state index contributed by atoms with van der Waals surface area (Å²) in [5, 5.41) is 3.36. The first-order chi connectivity index (χ1) is 12.0. The van der Waals surface area contributed by atoms with Gasteiger partial charge in [-0.25, -0.2) is 12.7 Å². The molecule has 1 aromatic carbocycles. The van der Waals surface area contributed by atoms with Crippen LogP contribution >= 0.6 is 12.4 Å². The molecule has 1 N–H and O–H groups in total. The summed E-state index contributed by atoms with van der Waals surface area (Å²) in [4.78, 5) is 14.7. The third kappa shape index (κ3) is 4.76. The Labute approximate surface area is 162 Å². The molecule has 0 spiro atoms. The summed E-state index contributed by atoms with van der Waals surface area (Å²) in [5.74, 6) is 0.245. The van der Waals surface area contributed by atoms with Crippen LogP contribution in [0, 0.1) is 0 Å². The maximum Gasteiger partial charge on any atom is 0.224 e. The first kappa shape index (κ1) is 21.2. The average Bonchev–Trinajstić information content (AvgIpc) is 2.98. The van der Waals surface area contributed by atoms with Crippen LogP contribution in [0.1, 0.15) is 36.9 Å². The van der Waals surface area contributed by atoms with Crippen molar-refractivity contribution in [3.63, 3.8) is 0 Å². The van der Waals surface area contributed by atoms with Crippen molar-refractivity contribution in [3.05, 3.63) is 35.4 Å². The van der Waals surface area contributed by atoms with E-state index in [9.17, 15) is 13.2 Å². The largest absolute Gasteiger partial charge is 0.333 e. The van der Waals surface area contributed by atoms with Crippen LogP contribution in [0.2, 0.25) is 0 Å². The number of aryl methyl sites for hydroxylation is 1. The van der Waals surface area contributed by atoms with Gasteiger partial charge in [-0.3, -0.25) is 4.79 Å². The van der Waals surface area contributed by atoms with Gasteiger partial charge in [0.25, 0.3) is 0 Å². The van der Waals surface area contributed by atoms with Crippen molar-refractivity contribution >= 4 is 28.3 Å². The van der Waals surface area contributed by atoms with Crippen molar-refractivity contribution in [1.82, 2.24) is 14.5 Å². The molecule has 3 rings (SSSR count). The van der Waals surface area contributed by atoms with E-state index < -0.39 is 10.0 Å². The van der Waals surface area contributed by atoms with Crippen LogP contribution in [0.5, 0.6) is 0 Å². The second kappa shape index (κ2) is 9.17. The molecule has 8 heteroatoms. The van der Waals surface area contributed by atoms with E-state index in [0.717, 1.165) is 25.1 Å². The van der Waals surface area contributed by atoms with Gasteiger partial charge in [-0.2, -0.15) is 0 Å². The lowest BCUT2D eigenvalue weighted by molar-refractivity contribution is -0.134.